The van der Waals surface area contributed by atoms with Gasteiger partial charge in [0.05, 0.1) is 16.6 Å². The molecule has 1 saturated carbocycles. The van der Waals surface area contributed by atoms with Crippen molar-refractivity contribution in [2.75, 3.05) is 52.4 Å². The first kappa shape index (κ1) is 26.0. The van der Waals surface area contributed by atoms with E-state index in [1.807, 2.05) is 12.1 Å². The average Bonchev–Trinajstić information content (AvgIpc) is 3.82. The van der Waals surface area contributed by atoms with Gasteiger partial charge < -0.3 is 20.4 Å². The van der Waals surface area contributed by atoms with Crippen molar-refractivity contribution >= 4 is 22.6 Å². The summed E-state index contributed by atoms with van der Waals surface area (Å²) in [6.07, 6.45) is 2.26. The zero-order valence-electron chi connectivity index (χ0n) is 21.3. The number of H-pyrrole nitrogens is 1. The van der Waals surface area contributed by atoms with Crippen LogP contribution in [0, 0.1) is 11.7 Å². The fourth-order valence-electron chi connectivity index (χ4n) is 4.84. The lowest BCUT2D eigenvalue weighted by atomic mass is 10.0. The predicted molar refractivity (Wildman–Crippen MR) is 143 cm³/mol. The summed E-state index contributed by atoms with van der Waals surface area (Å²) in [6.45, 7) is 6.31. The summed E-state index contributed by atoms with van der Waals surface area (Å²) in [5.74, 6) is -0.619. The molecule has 1 aliphatic carbocycles. The number of hydrogen-bond acceptors (Lipinski definition) is 6. The number of amides is 2. The monoisotopic (exact) mass is 520 g/mol. The SMILES string of the molecule is C1CNCCN1.O=C(c1cc(Cc2n[nH]c(=O)c3ccccc23)ccc1F)N1CCN(C(=O)C2CC2)CC1. The number of hydrogen-bond donors (Lipinski definition) is 3. The minimum Gasteiger partial charge on any atom is -0.339 e. The van der Waals surface area contributed by atoms with Crippen LogP contribution in [-0.4, -0.2) is 84.2 Å². The standard InChI is InChI=1S/C24H23FN4O3.C4H10N2/c25-20-8-5-15(14-21-17-3-1-2-4-18(17)22(30)27-26-21)13-19(20)24(32)29-11-9-28(10-12-29)23(31)16-6-7-16;1-2-6-4-3-5-1/h1-5,8,13,16H,6-7,9-12,14H2,(H,27,30);5-6H,1-4H2. The molecule has 10 heteroatoms. The van der Waals surface area contributed by atoms with E-state index in [1.54, 1.807) is 34.1 Å². The lowest BCUT2D eigenvalue weighted by Gasteiger charge is -2.35. The summed E-state index contributed by atoms with van der Waals surface area (Å²) in [5.41, 5.74) is 1.12. The highest BCUT2D eigenvalue weighted by Crippen LogP contribution is 2.31. The van der Waals surface area contributed by atoms with Crippen molar-refractivity contribution in [1.82, 2.24) is 30.6 Å². The molecule has 200 valence electrons. The Bertz CT molecular complexity index is 1350. The van der Waals surface area contributed by atoms with Gasteiger partial charge in [0.15, 0.2) is 0 Å². The Morgan fingerprint density at radius 3 is 2.16 bits per heavy atom. The van der Waals surface area contributed by atoms with Crippen LogP contribution in [0.15, 0.2) is 47.3 Å². The first-order valence-corrected chi connectivity index (χ1v) is 13.3. The topological polar surface area (TPSA) is 110 Å². The van der Waals surface area contributed by atoms with Gasteiger partial charge in [-0.3, -0.25) is 14.4 Å². The van der Waals surface area contributed by atoms with Crippen LogP contribution < -0.4 is 16.2 Å². The molecule has 3 aromatic rings. The summed E-state index contributed by atoms with van der Waals surface area (Å²) < 4.78 is 14.6. The van der Waals surface area contributed by atoms with Gasteiger partial charge >= 0.3 is 0 Å². The molecule has 38 heavy (non-hydrogen) atoms. The van der Waals surface area contributed by atoms with E-state index >= 15 is 0 Å². The first-order chi connectivity index (χ1) is 18.5. The van der Waals surface area contributed by atoms with Gasteiger partial charge in [-0.15, -0.1) is 0 Å². The van der Waals surface area contributed by atoms with Crippen LogP contribution in [0.2, 0.25) is 0 Å². The van der Waals surface area contributed by atoms with Gasteiger partial charge in [0.25, 0.3) is 11.5 Å². The number of piperazine rings is 2. The second-order valence-electron chi connectivity index (χ2n) is 9.93. The van der Waals surface area contributed by atoms with Gasteiger partial charge in [0.1, 0.15) is 5.82 Å². The summed E-state index contributed by atoms with van der Waals surface area (Å²) >= 11 is 0. The van der Waals surface area contributed by atoms with E-state index in [4.69, 9.17) is 0 Å². The van der Waals surface area contributed by atoms with E-state index in [9.17, 15) is 18.8 Å². The molecular formula is C28H33FN6O3. The zero-order valence-corrected chi connectivity index (χ0v) is 21.3. The van der Waals surface area contributed by atoms with Crippen molar-refractivity contribution in [2.45, 2.75) is 19.3 Å². The van der Waals surface area contributed by atoms with Gasteiger partial charge in [-0.05, 0) is 36.6 Å². The quantitative estimate of drug-likeness (QED) is 0.481. The molecule has 0 radical (unpaired) electrons. The van der Waals surface area contributed by atoms with Gasteiger partial charge in [-0.1, -0.05) is 24.3 Å². The Morgan fingerprint density at radius 1 is 0.895 bits per heavy atom. The van der Waals surface area contributed by atoms with Gasteiger partial charge in [-0.25, -0.2) is 9.49 Å². The second-order valence-corrected chi connectivity index (χ2v) is 9.93. The molecule has 0 atom stereocenters. The van der Waals surface area contributed by atoms with Gasteiger partial charge in [0.2, 0.25) is 5.91 Å². The van der Waals surface area contributed by atoms with Gasteiger partial charge in [0, 0.05) is 70.1 Å². The summed E-state index contributed by atoms with van der Waals surface area (Å²) in [4.78, 5) is 40.7. The maximum atomic E-state index is 14.6. The molecule has 1 aromatic heterocycles. The molecule has 2 amide bonds. The van der Waals surface area contributed by atoms with E-state index in [0.717, 1.165) is 50.0 Å². The Labute approximate surface area is 220 Å². The van der Waals surface area contributed by atoms with Crippen LogP contribution >= 0.6 is 0 Å². The number of fused-ring (bicyclic) bond motifs is 1. The minimum absolute atomic E-state index is 0.0122. The number of benzene rings is 2. The molecule has 2 aliphatic heterocycles. The third kappa shape index (κ3) is 6.08. The maximum Gasteiger partial charge on any atom is 0.272 e. The first-order valence-electron chi connectivity index (χ1n) is 13.3. The maximum absolute atomic E-state index is 14.6. The molecule has 3 N–H and O–H groups in total. The van der Waals surface area contributed by atoms with Crippen molar-refractivity contribution in [3.05, 3.63) is 75.5 Å². The van der Waals surface area contributed by atoms with Crippen LogP contribution in [0.5, 0.6) is 0 Å². The molecule has 3 fully saturated rings. The fraction of sp³-hybridized carbons (Fsp3) is 0.429. The van der Waals surface area contributed by atoms with Crippen molar-refractivity contribution in [3.63, 3.8) is 0 Å². The number of carbonyl (C=O) groups is 2. The van der Waals surface area contributed by atoms with E-state index in [0.29, 0.717) is 43.7 Å². The Morgan fingerprint density at radius 2 is 1.53 bits per heavy atom. The van der Waals surface area contributed by atoms with E-state index < -0.39 is 5.82 Å². The molecule has 0 spiro atoms. The summed E-state index contributed by atoms with van der Waals surface area (Å²) in [6, 6.07) is 11.6. The number of rotatable bonds is 4. The Balaban J connectivity index is 0.000000433. The number of nitrogens with one attached hydrogen (secondary N) is 3. The lowest BCUT2D eigenvalue weighted by molar-refractivity contribution is -0.134. The third-order valence-corrected chi connectivity index (χ3v) is 7.17. The van der Waals surface area contributed by atoms with E-state index in [1.165, 1.54) is 6.07 Å². The molecular weight excluding hydrogens is 487 g/mol. The fourth-order valence-corrected chi connectivity index (χ4v) is 4.84. The molecule has 6 rings (SSSR count). The zero-order chi connectivity index (χ0) is 26.5. The van der Waals surface area contributed by atoms with Crippen LogP contribution in [0.1, 0.15) is 34.5 Å². The second kappa shape index (κ2) is 11.8. The van der Waals surface area contributed by atoms with Crippen molar-refractivity contribution in [2.24, 2.45) is 5.92 Å². The highest BCUT2D eigenvalue weighted by atomic mass is 19.1. The van der Waals surface area contributed by atoms with E-state index in [2.05, 4.69) is 20.8 Å². The molecule has 0 bridgehead atoms. The highest BCUT2D eigenvalue weighted by molar-refractivity contribution is 5.95. The van der Waals surface area contributed by atoms with Crippen LogP contribution in [0.4, 0.5) is 4.39 Å². The number of aromatic nitrogens is 2. The minimum atomic E-state index is -0.575. The Kier molecular flexibility index (Phi) is 8.09. The van der Waals surface area contributed by atoms with Crippen molar-refractivity contribution in [3.8, 4) is 0 Å². The number of carbonyl (C=O) groups excluding carboxylic acids is 2. The molecule has 9 nitrogen and oxygen atoms in total. The predicted octanol–water partition coefficient (Wildman–Crippen LogP) is 1.53. The number of nitrogens with zero attached hydrogens (tertiary/aromatic N) is 3. The average molecular weight is 521 g/mol. The van der Waals surface area contributed by atoms with Crippen molar-refractivity contribution in [1.29, 1.82) is 0 Å². The molecule has 3 heterocycles. The molecule has 0 unspecified atom stereocenters. The lowest BCUT2D eigenvalue weighted by Crippen LogP contribution is -2.51. The van der Waals surface area contributed by atoms with Crippen LogP contribution in [0.25, 0.3) is 10.8 Å². The molecule has 2 aromatic carbocycles. The number of aromatic amines is 1. The summed E-state index contributed by atoms with van der Waals surface area (Å²) in [5, 5.41) is 14.4. The van der Waals surface area contributed by atoms with E-state index in [-0.39, 0.29) is 28.9 Å². The van der Waals surface area contributed by atoms with Crippen molar-refractivity contribution < 1.29 is 14.0 Å². The summed E-state index contributed by atoms with van der Waals surface area (Å²) in [7, 11) is 0. The molecule has 3 aliphatic rings. The Hall–Kier alpha value is -3.63. The normalized spacial score (nSPS) is 17.6. The van der Waals surface area contributed by atoms with Crippen LogP contribution in [-0.2, 0) is 11.2 Å². The third-order valence-electron chi connectivity index (χ3n) is 7.17. The highest BCUT2D eigenvalue weighted by Gasteiger charge is 2.35. The smallest absolute Gasteiger partial charge is 0.272 e. The largest absolute Gasteiger partial charge is 0.339 e. The van der Waals surface area contributed by atoms with Crippen LogP contribution in [0.3, 0.4) is 0 Å². The number of halogens is 1. The van der Waals surface area contributed by atoms with Gasteiger partial charge in [-0.2, -0.15) is 5.10 Å². The molecule has 2 saturated heterocycles.